The summed E-state index contributed by atoms with van der Waals surface area (Å²) < 4.78 is 21.5. The van der Waals surface area contributed by atoms with Crippen LogP contribution in [0, 0.1) is 13.8 Å². The van der Waals surface area contributed by atoms with Gasteiger partial charge in [-0.05, 0) is 13.8 Å². The molecule has 3 rings (SSSR count). The number of nitrogens with zero attached hydrogens (tertiary/aromatic N) is 2. The first kappa shape index (κ1) is 21.9. The lowest BCUT2D eigenvalue weighted by Gasteiger charge is -2.14. The number of aromatic nitrogens is 2. The van der Waals surface area contributed by atoms with Crippen LogP contribution in [-0.4, -0.2) is 43.8 Å². The van der Waals surface area contributed by atoms with Gasteiger partial charge in [0.25, 0.3) is 5.91 Å². The molecule has 0 fully saturated rings. The molecule has 0 bridgehead atoms. The van der Waals surface area contributed by atoms with Crippen molar-refractivity contribution >= 4 is 11.6 Å². The third-order valence-electron chi connectivity index (χ3n) is 4.44. The van der Waals surface area contributed by atoms with E-state index < -0.39 is 0 Å². The van der Waals surface area contributed by atoms with Gasteiger partial charge in [0.1, 0.15) is 0 Å². The fourth-order valence-electron chi connectivity index (χ4n) is 2.94. The predicted octanol–water partition coefficient (Wildman–Crippen LogP) is 3.80. The van der Waals surface area contributed by atoms with Gasteiger partial charge in [-0.3, -0.25) is 4.79 Å². The lowest BCUT2D eigenvalue weighted by Crippen LogP contribution is -2.20. The van der Waals surface area contributed by atoms with E-state index >= 15 is 0 Å². The van der Waals surface area contributed by atoms with E-state index in [4.69, 9.17) is 18.9 Å². The van der Waals surface area contributed by atoms with Crippen LogP contribution in [0.4, 0.5) is 5.69 Å². The minimum atomic E-state index is -0.359. The summed E-state index contributed by atoms with van der Waals surface area (Å²) in [6, 6.07) is 12.9. The minimum absolute atomic E-state index is 0.222. The molecule has 3 aromatic rings. The van der Waals surface area contributed by atoms with Crippen LogP contribution in [0.5, 0.6) is 23.1 Å². The maximum Gasteiger partial charge on any atom is 0.262 e. The van der Waals surface area contributed by atoms with Gasteiger partial charge < -0.3 is 24.3 Å². The third kappa shape index (κ3) is 5.42. The number of amides is 1. The molecule has 0 aliphatic rings. The maximum absolute atomic E-state index is 12.4. The minimum Gasteiger partial charge on any atom is -0.493 e. The summed E-state index contributed by atoms with van der Waals surface area (Å²) in [6.45, 7) is 3.64. The molecule has 0 aliphatic heterocycles. The van der Waals surface area contributed by atoms with Crippen LogP contribution in [0.25, 0.3) is 11.4 Å². The lowest BCUT2D eigenvalue weighted by atomic mass is 10.1. The van der Waals surface area contributed by atoms with Crippen molar-refractivity contribution in [3.8, 4) is 34.5 Å². The van der Waals surface area contributed by atoms with Gasteiger partial charge in [0.2, 0.25) is 11.6 Å². The van der Waals surface area contributed by atoms with Crippen LogP contribution in [0.3, 0.4) is 0 Å². The molecule has 8 nitrogen and oxygen atoms in total. The zero-order valence-corrected chi connectivity index (χ0v) is 18.2. The van der Waals surface area contributed by atoms with E-state index in [-0.39, 0.29) is 12.5 Å². The number of anilines is 1. The fraction of sp³-hybridized carbons (Fsp3) is 0.261. The summed E-state index contributed by atoms with van der Waals surface area (Å²) in [5.41, 5.74) is 3.25. The molecule has 0 saturated carbocycles. The molecule has 0 atom stereocenters. The van der Waals surface area contributed by atoms with E-state index in [1.807, 2.05) is 38.1 Å². The second kappa shape index (κ2) is 9.80. The Bertz CT molecular complexity index is 1040. The summed E-state index contributed by atoms with van der Waals surface area (Å²) in [5, 5.41) is 2.76. The molecular formula is C23H25N3O5. The van der Waals surface area contributed by atoms with Crippen LogP contribution in [0.15, 0.2) is 42.5 Å². The monoisotopic (exact) mass is 423 g/mol. The quantitative estimate of drug-likeness (QED) is 0.589. The first-order valence-electron chi connectivity index (χ1n) is 9.59. The molecule has 8 heteroatoms. The van der Waals surface area contributed by atoms with E-state index in [2.05, 4.69) is 15.3 Å². The molecule has 0 spiro atoms. The Kier molecular flexibility index (Phi) is 6.92. The van der Waals surface area contributed by atoms with Gasteiger partial charge in [0, 0.05) is 35.1 Å². The highest BCUT2D eigenvalue weighted by Crippen LogP contribution is 2.39. The second-order valence-corrected chi connectivity index (χ2v) is 6.79. The van der Waals surface area contributed by atoms with Gasteiger partial charge in [0.15, 0.2) is 23.9 Å². The molecule has 1 heterocycles. The lowest BCUT2D eigenvalue weighted by molar-refractivity contribution is -0.118. The summed E-state index contributed by atoms with van der Waals surface area (Å²) in [4.78, 5) is 21.3. The normalized spacial score (nSPS) is 10.4. The Labute approximate surface area is 181 Å². The van der Waals surface area contributed by atoms with Crippen molar-refractivity contribution in [1.82, 2.24) is 9.97 Å². The number of rotatable bonds is 8. The largest absolute Gasteiger partial charge is 0.493 e. The summed E-state index contributed by atoms with van der Waals surface area (Å²) in [6.07, 6.45) is 0. The number of hydrogen-bond donors (Lipinski definition) is 1. The number of nitrogens with one attached hydrogen (secondary N) is 1. The van der Waals surface area contributed by atoms with Gasteiger partial charge >= 0.3 is 0 Å². The topological polar surface area (TPSA) is 91.8 Å². The van der Waals surface area contributed by atoms with Crippen LogP contribution in [0.1, 0.15) is 11.3 Å². The van der Waals surface area contributed by atoms with Crippen molar-refractivity contribution in [2.45, 2.75) is 13.8 Å². The highest BCUT2D eigenvalue weighted by molar-refractivity contribution is 5.92. The summed E-state index contributed by atoms with van der Waals surface area (Å²) in [7, 11) is 4.53. The number of ether oxygens (including phenoxy) is 4. The fourth-order valence-corrected chi connectivity index (χ4v) is 2.94. The van der Waals surface area contributed by atoms with E-state index in [0.717, 1.165) is 16.8 Å². The van der Waals surface area contributed by atoms with E-state index in [1.165, 1.54) is 21.3 Å². The van der Waals surface area contributed by atoms with E-state index in [1.54, 1.807) is 18.2 Å². The number of carbonyl (C=O) groups is 1. The SMILES string of the molecule is COc1cc(NC(=O)COc2cc(C)nc(-c3ccc(C)cc3)n2)cc(OC)c1OC. The van der Waals surface area contributed by atoms with Crippen LogP contribution < -0.4 is 24.3 Å². The van der Waals surface area contributed by atoms with Crippen molar-refractivity contribution in [1.29, 1.82) is 0 Å². The number of aryl methyl sites for hydroxylation is 2. The Morgan fingerprint density at radius 3 is 2.13 bits per heavy atom. The first-order valence-corrected chi connectivity index (χ1v) is 9.59. The third-order valence-corrected chi connectivity index (χ3v) is 4.44. The zero-order valence-electron chi connectivity index (χ0n) is 18.2. The van der Waals surface area contributed by atoms with Crippen molar-refractivity contribution < 1.29 is 23.7 Å². The van der Waals surface area contributed by atoms with E-state index in [9.17, 15) is 4.79 Å². The molecule has 0 unspecified atom stereocenters. The first-order chi connectivity index (χ1) is 14.9. The van der Waals surface area contributed by atoms with Crippen molar-refractivity contribution in [2.24, 2.45) is 0 Å². The Morgan fingerprint density at radius 2 is 1.55 bits per heavy atom. The van der Waals surface area contributed by atoms with Crippen molar-refractivity contribution in [2.75, 3.05) is 33.3 Å². The van der Waals surface area contributed by atoms with Gasteiger partial charge in [-0.25, -0.2) is 4.98 Å². The van der Waals surface area contributed by atoms with Crippen molar-refractivity contribution in [3.63, 3.8) is 0 Å². The molecule has 162 valence electrons. The average molecular weight is 423 g/mol. The molecule has 0 saturated heterocycles. The molecule has 0 aliphatic carbocycles. The second-order valence-electron chi connectivity index (χ2n) is 6.79. The van der Waals surface area contributed by atoms with Gasteiger partial charge in [-0.1, -0.05) is 29.8 Å². The maximum atomic E-state index is 12.4. The summed E-state index contributed by atoms with van der Waals surface area (Å²) >= 11 is 0. The zero-order chi connectivity index (χ0) is 22.4. The molecule has 2 aromatic carbocycles. The highest BCUT2D eigenvalue weighted by atomic mass is 16.5. The van der Waals surface area contributed by atoms with Gasteiger partial charge in [-0.2, -0.15) is 4.98 Å². The average Bonchev–Trinajstić information content (AvgIpc) is 2.77. The summed E-state index contributed by atoms with van der Waals surface area (Å²) in [5.74, 6) is 1.82. The number of hydrogen-bond acceptors (Lipinski definition) is 7. The molecule has 1 aromatic heterocycles. The van der Waals surface area contributed by atoms with Crippen LogP contribution in [0.2, 0.25) is 0 Å². The molecule has 1 amide bonds. The van der Waals surface area contributed by atoms with Crippen LogP contribution >= 0.6 is 0 Å². The number of methoxy groups -OCH3 is 3. The standard InChI is InChI=1S/C23H25N3O5/c1-14-6-8-16(9-7-14)23-24-15(2)10-21(26-23)31-13-20(27)25-17-11-18(28-3)22(30-5)19(12-17)29-4/h6-12H,13H2,1-5H3,(H,25,27). The Morgan fingerprint density at radius 1 is 0.903 bits per heavy atom. The number of carbonyl (C=O) groups excluding carboxylic acids is 1. The highest BCUT2D eigenvalue weighted by Gasteiger charge is 2.15. The van der Waals surface area contributed by atoms with Gasteiger partial charge in [-0.15, -0.1) is 0 Å². The molecule has 0 radical (unpaired) electrons. The molecular weight excluding hydrogens is 398 g/mol. The predicted molar refractivity (Wildman–Crippen MR) is 117 cm³/mol. The van der Waals surface area contributed by atoms with E-state index in [0.29, 0.717) is 34.6 Å². The smallest absolute Gasteiger partial charge is 0.262 e. The van der Waals surface area contributed by atoms with Crippen molar-refractivity contribution in [3.05, 3.63) is 53.7 Å². The Hall–Kier alpha value is -3.81. The van der Waals surface area contributed by atoms with Gasteiger partial charge in [0.05, 0.1) is 21.3 Å². The van der Waals surface area contributed by atoms with Crippen LogP contribution in [-0.2, 0) is 4.79 Å². The molecule has 31 heavy (non-hydrogen) atoms. The number of benzene rings is 2. The molecule has 1 N–H and O–H groups in total. The Balaban J connectivity index is 1.71.